The van der Waals surface area contributed by atoms with Crippen LogP contribution >= 0.6 is 34.5 Å². The minimum Gasteiger partial charge on any atom is -0.493 e. The van der Waals surface area contributed by atoms with E-state index in [9.17, 15) is 9.59 Å². The van der Waals surface area contributed by atoms with E-state index in [2.05, 4.69) is 0 Å². The van der Waals surface area contributed by atoms with Crippen molar-refractivity contribution in [3.8, 4) is 11.5 Å². The first-order valence-corrected chi connectivity index (χ1v) is 16.0. The van der Waals surface area contributed by atoms with E-state index < -0.39 is 12.0 Å². The summed E-state index contributed by atoms with van der Waals surface area (Å²) >= 11 is 14.0. The highest BCUT2D eigenvalue weighted by molar-refractivity contribution is 7.07. The van der Waals surface area contributed by atoms with Gasteiger partial charge in [-0.15, -0.1) is 0 Å². The molecule has 0 fully saturated rings. The van der Waals surface area contributed by atoms with Crippen molar-refractivity contribution in [2.45, 2.75) is 19.6 Å². The van der Waals surface area contributed by atoms with Crippen LogP contribution in [0.3, 0.4) is 0 Å². The van der Waals surface area contributed by atoms with Gasteiger partial charge in [0.05, 0.1) is 40.6 Å². The summed E-state index contributed by atoms with van der Waals surface area (Å²) in [5, 5.41) is 0.925. The average Bonchev–Trinajstić information content (AvgIpc) is 3.38. The summed E-state index contributed by atoms with van der Waals surface area (Å²) in [6.07, 6.45) is 1.73. The Balaban J connectivity index is 1.48. The maximum absolute atomic E-state index is 14.2. The number of thiazole rings is 1. The molecule has 1 aliphatic rings. The van der Waals surface area contributed by atoms with Crippen molar-refractivity contribution in [2.75, 3.05) is 13.7 Å². The van der Waals surface area contributed by atoms with E-state index in [0.717, 1.165) is 16.7 Å². The van der Waals surface area contributed by atoms with Crippen molar-refractivity contribution in [3.63, 3.8) is 0 Å². The van der Waals surface area contributed by atoms with E-state index in [-0.39, 0.29) is 18.8 Å². The minimum absolute atomic E-state index is 0.178. The van der Waals surface area contributed by atoms with Gasteiger partial charge in [-0.05, 0) is 54.0 Å². The van der Waals surface area contributed by atoms with Crippen LogP contribution < -0.4 is 24.4 Å². The Morgan fingerprint density at radius 1 is 0.978 bits per heavy atom. The first kappa shape index (κ1) is 31.4. The molecule has 0 saturated heterocycles. The molecule has 6 rings (SSSR count). The van der Waals surface area contributed by atoms with Gasteiger partial charge in [0.25, 0.3) is 5.56 Å². The summed E-state index contributed by atoms with van der Waals surface area (Å²) < 4.78 is 19.1. The molecule has 0 N–H and O–H groups in total. The molecule has 0 unspecified atom stereocenters. The van der Waals surface area contributed by atoms with Crippen molar-refractivity contribution in [2.24, 2.45) is 4.99 Å². The average molecular weight is 672 g/mol. The third-order valence-corrected chi connectivity index (χ3v) is 8.81. The highest BCUT2D eigenvalue weighted by Crippen LogP contribution is 2.38. The number of hydrogen-bond acceptors (Lipinski definition) is 7. The molecule has 0 aliphatic carbocycles. The van der Waals surface area contributed by atoms with Crippen LogP contribution in [-0.4, -0.2) is 24.3 Å². The van der Waals surface area contributed by atoms with Crippen LogP contribution in [0, 0.1) is 0 Å². The lowest BCUT2D eigenvalue weighted by Crippen LogP contribution is -2.39. The molecule has 5 aromatic rings. The van der Waals surface area contributed by atoms with Crippen molar-refractivity contribution >= 4 is 52.3 Å². The Morgan fingerprint density at radius 3 is 2.41 bits per heavy atom. The second kappa shape index (κ2) is 13.8. The number of halogens is 2. The number of rotatable bonds is 9. The fourth-order valence-corrected chi connectivity index (χ4v) is 6.78. The number of aromatic nitrogens is 1. The second-order valence-corrected chi connectivity index (χ2v) is 12.1. The van der Waals surface area contributed by atoms with E-state index in [1.807, 2.05) is 78.9 Å². The minimum atomic E-state index is -0.755. The Hall–Kier alpha value is -4.63. The highest BCUT2D eigenvalue weighted by Gasteiger charge is 2.35. The largest absolute Gasteiger partial charge is 0.493 e. The Labute approximate surface area is 279 Å². The molecular weight excluding hydrogens is 643 g/mol. The Kier molecular flexibility index (Phi) is 9.40. The molecule has 4 aromatic carbocycles. The number of carbonyl (C=O) groups excluding carboxylic acids is 1. The normalized spacial score (nSPS) is 14.4. The lowest BCUT2D eigenvalue weighted by Gasteiger charge is -2.25. The smallest absolute Gasteiger partial charge is 0.338 e. The van der Waals surface area contributed by atoms with Crippen molar-refractivity contribution in [1.82, 2.24) is 4.57 Å². The van der Waals surface area contributed by atoms with Crippen molar-refractivity contribution in [1.29, 1.82) is 0 Å². The number of nitrogens with zero attached hydrogens (tertiary/aromatic N) is 2. The molecule has 1 aromatic heterocycles. The number of methoxy groups -OCH3 is 1. The molecule has 1 atom stereocenters. The quantitative estimate of drug-likeness (QED) is 0.161. The predicted molar refractivity (Wildman–Crippen MR) is 181 cm³/mol. The third-order valence-electron chi connectivity index (χ3n) is 7.31. The molecule has 7 nitrogen and oxygen atoms in total. The number of esters is 1. The Bertz CT molecular complexity index is 2130. The van der Waals surface area contributed by atoms with Crippen LogP contribution in [0.1, 0.15) is 35.2 Å². The first-order valence-electron chi connectivity index (χ1n) is 14.5. The van der Waals surface area contributed by atoms with Gasteiger partial charge in [-0.2, -0.15) is 0 Å². The summed E-state index contributed by atoms with van der Waals surface area (Å²) in [4.78, 5) is 33.1. The summed E-state index contributed by atoms with van der Waals surface area (Å²) in [5.41, 5.74) is 3.47. The van der Waals surface area contributed by atoms with E-state index in [4.69, 9.17) is 42.4 Å². The van der Waals surface area contributed by atoms with Gasteiger partial charge in [0, 0.05) is 10.6 Å². The molecule has 0 saturated carbocycles. The zero-order valence-corrected chi connectivity index (χ0v) is 27.2. The molecule has 1 aliphatic heterocycles. The van der Waals surface area contributed by atoms with Gasteiger partial charge in [0.2, 0.25) is 0 Å². The summed E-state index contributed by atoms with van der Waals surface area (Å²) in [6, 6.07) is 28.9. The van der Waals surface area contributed by atoms with Crippen LogP contribution in [0.25, 0.3) is 11.8 Å². The maximum atomic E-state index is 14.2. The van der Waals surface area contributed by atoms with Gasteiger partial charge in [0.1, 0.15) is 6.61 Å². The van der Waals surface area contributed by atoms with Crippen LogP contribution in [0.2, 0.25) is 10.0 Å². The molecule has 232 valence electrons. The standard InChI is InChI=1S/C36H28Cl2N2O5S/c1-3-44-35(42)30-31(24-12-6-4-7-13-24)39-36-40(32(30)25-14-8-5-9-15-25)34(41)29(46-36)20-23-18-27(38)33(28(19-23)43-2)45-21-22-11-10-16-26(37)17-22/h4-20,32H,3,21H2,1-2H3/b29-20-/t32-/m0/s1. The fraction of sp³-hybridized carbons (Fsp3) is 0.139. The number of benzene rings is 4. The molecule has 0 bridgehead atoms. The lowest BCUT2D eigenvalue weighted by atomic mass is 9.93. The monoisotopic (exact) mass is 670 g/mol. The number of hydrogen-bond donors (Lipinski definition) is 0. The Morgan fingerprint density at radius 2 is 1.72 bits per heavy atom. The van der Waals surface area contributed by atoms with Crippen LogP contribution in [0.15, 0.2) is 112 Å². The highest BCUT2D eigenvalue weighted by atomic mass is 35.5. The molecule has 0 radical (unpaired) electrons. The second-order valence-electron chi connectivity index (χ2n) is 10.3. The van der Waals surface area contributed by atoms with Gasteiger partial charge in [-0.25, -0.2) is 9.79 Å². The van der Waals surface area contributed by atoms with Crippen LogP contribution in [0.4, 0.5) is 0 Å². The van der Waals surface area contributed by atoms with Gasteiger partial charge in [-0.3, -0.25) is 9.36 Å². The number of fused-ring (bicyclic) bond motifs is 1. The van der Waals surface area contributed by atoms with E-state index in [1.165, 1.54) is 18.4 Å². The van der Waals surface area contributed by atoms with Gasteiger partial charge in [0.15, 0.2) is 16.3 Å². The van der Waals surface area contributed by atoms with E-state index in [0.29, 0.717) is 47.7 Å². The molecular formula is C36H28Cl2N2O5S. The summed E-state index contributed by atoms with van der Waals surface area (Å²) in [6.45, 7) is 2.17. The summed E-state index contributed by atoms with van der Waals surface area (Å²) in [5.74, 6) is 0.253. The zero-order chi connectivity index (χ0) is 32.2. The molecule has 0 amide bonds. The van der Waals surface area contributed by atoms with Gasteiger partial charge >= 0.3 is 5.97 Å². The first-order chi connectivity index (χ1) is 22.4. The lowest BCUT2D eigenvalue weighted by molar-refractivity contribution is -0.138. The number of carbonyl (C=O) groups is 1. The van der Waals surface area contributed by atoms with Crippen molar-refractivity contribution in [3.05, 3.63) is 155 Å². The SMILES string of the molecule is CCOC(=O)C1=C(c2ccccc2)N=c2s/c(=C\c3cc(Cl)c(OCc4cccc(Cl)c4)c(OC)c3)c(=O)n2[C@H]1c1ccccc1. The molecule has 10 heteroatoms. The zero-order valence-electron chi connectivity index (χ0n) is 24.9. The molecule has 0 spiro atoms. The molecule has 46 heavy (non-hydrogen) atoms. The van der Waals surface area contributed by atoms with Gasteiger partial charge < -0.3 is 14.2 Å². The van der Waals surface area contributed by atoms with E-state index >= 15 is 0 Å². The predicted octanol–water partition coefficient (Wildman–Crippen LogP) is 6.83. The van der Waals surface area contributed by atoms with E-state index in [1.54, 1.807) is 35.8 Å². The fourth-order valence-electron chi connectivity index (χ4n) is 5.29. The van der Waals surface area contributed by atoms with Crippen LogP contribution in [0.5, 0.6) is 11.5 Å². The molecule has 2 heterocycles. The number of ether oxygens (including phenoxy) is 3. The maximum Gasteiger partial charge on any atom is 0.338 e. The van der Waals surface area contributed by atoms with Crippen LogP contribution in [-0.2, 0) is 16.1 Å². The topological polar surface area (TPSA) is 79.1 Å². The van der Waals surface area contributed by atoms with Gasteiger partial charge in [-0.1, -0.05) is 107 Å². The summed E-state index contributed by atoms with van der Waals surface area (Å²) in [7, 11) is 1.53. The third kappa shape index (κ3) is 6.37. The van der Waals surface area contributed by atoms with Crippen molar-refractivity contribution < 1.29 is 19.0 Å².